The molecule has 0 aliphatic carbocycles. The number of thioether (sulfide) groups is 1. The zero-order valence-electron chi connectivity index (χ0n) is 15.6. The lowest BCUT2D eigenvalue weighted by Crippen LogP contribution is -2.18. The predicted octanol–water partition coefficient (Wildman–Crippen LogP) is 2.64. The molecule has 0 amide bonds. The fourth-order valence-corrected chi connectivity index (χ4v) is 4.82. The van der Waals surface area contributed by atoms with E-state index in [1.165, 1.54) is 18.4 Å². The Hall–Kier alpha value is -1.59. The maximum absolute atomic E-state index is 11.9. The van der Waals surface area contributed by atoms with Gasteiger partial charge < -0.3 is 5.11 Å². The van der Waals surface area contributed by atoms with Crippen LogP contribution in [0.5, 0.6) is 0 Å². The van der Waals surface area contributed by atoms with Crippen LogP contribution >= 0.6 is 23.1 Å². The molecule has 2 aromatic heterocycles. The Bertz CT molecular complexity index is 1040. The Morgan fingerprint density at radius 3 is 2.61 bits per heavy atom. The van der Waals surface area contributed by atoms with Gasteiger partial charge in [-0.1, -0.05) is 0 Å². The number of rotatable bonds is 9. The van der Waals surface area contributed by atoms with E-state index in [9.17, 15) is 13.5 Å². The van der Waals surface area contributed by atoms with Crippen LogP contribution in [0.15, 0.2) is 40.4 Å². The van der Waals surface area contributed by atoms with Gasteiger partial charge in [-0.25, -0.2) is 28.1 Å². The first kappa shape index (κ1) is 21.1. The van der Waals surface area contributed by atoms with E-state index in [-0.39, 0.29) is 4.90 Å². The smallest absolute Gasteiger partial charge is 0.240 e. The van der Waals surface area contributed by atoms with Gasteiger partial charge in [-0.2, -0.15) is 0 Å². The lowest BCUT2D eigenvalue weighted by molar-refractivity contribution is 0.154. The minimum absolute atomic E-state index is 0.227. The number of aryl methyl sites for hydroxylation is 2. The van der Waals surface area contributed by atoms with E-state index in [0.29, 0.717) is 25.7 Å². The number of hydrogen-bond donors (Lipinski definition) is 2. The van der Waals surface area contributed by atoms with Gasteiger partial charge in [0.1, 0.15) is 5.82 Å². The number of aliphatic hydroxyl groups is 1. The Morgan fingerprint density at radius 2 is 1.93 bits per heavy atom. The first-order valence-electron chi connectivity index (χ1n) is 8.77. The molecule has 0 spiro atoms. The SMILES string of the molecule is CNS(=O)(=O)c1ccc2nc(CC[C@@H](O)CCc3ncc(SC)cn3)sc2c1. The molecule has 1 atom stereocenters. The molecule has 0 aliphatic heterocycles. The van der Waals surface area contributed by atoms with Crippen molar-refractivity contribution in [2.45, 2.75) is 41.6 Å². The molecule has 0 fully saturated rings. The Kier molecular flexibility index (Phi) is 7.00. The third-order valence-corrected chi connectivity index (χ3v) is 7.47. The van der Waals surface area contributed by atoms with Gasteiger partial charge in [-0.05, 0) is 44.3 Å². The number of aliphatic hydroxyl groups excluding tert-OH is 1. The molecular formula is C18H22N4O3S3. The molecule has 0 saturated carbocycles. The van der Waals surface area contributed by atoms with E-state index in [2.05, 4.69) is 19.7 Å². The molecule has 28 heavy (non-hydrogen) atoms. The molecule has 0 bridgehead atoms. The van der Waals surface area contributed by atoms with Gasteiger partial charge in [0, 0.05) is 30.1 Å². The number of thiazole rings is 1. The molecule has 0 saturated heterocycles. The predicted molar refractivity (Wildman–Crippen MR) is 112 cm³/mol. The molecule has 2 N–H and O–H groups in total. The zero-order chi connectivity index (χ0) is 20.1. The molecular weight excluding hydrogens is 416 g/mol. The third kappa shape index (κ3) is 5.26. The molecule has 0 radical (unpaired) electrons. The Labute approximate surface area is 172 Å². The fourth-order valence-electron chi connectivity index (χ4n) is 2.65. The van der Waals surface area contributed by atoms with Crippen LogP contribution in [0.4, 0.5) is 0 Å². The minimum atomic E-state index is -3.47. The molecule has 1 aromatic carbocycles. The highest BCUT2D eigenvalue weighted by molar-refractivity contribution is 7.98. The average molecular weight is 439 g/mol. The standard InChI is InChI=1S/C18H22N4O3S3/c1-19-28(24,25)14-5-6-15-16(9-14)27-18(22-15)8-4-12(23)3-7-17-20-10-13(26-2)11-21-17/h5-6,9-12,19,23H,3-4,7-8H2,1-2H3/t12-/m0/s1. The quantitative estimate of drug-likeness (QED) is 0.495. The van der Waals surface area contributed by atoms with Crippen LogP contribution in [-0.4, -0.2) is 47.9 Å². The summed E-state index contributed by atoms with van der Waals surface area (Å²) in [4.78, 5) is 14.4. The minimum Gasteiger partial charge on any atom is -0.393 e. The van der Waals surface area contributed by atoms with Crippen LogP contribution < -0.4 is 4.72 Å². The topological polar surface area (TPSA) is 105 Å². The maximum Gasteiger partial charge on any atom is 0.240 e. The monoisotopic (exact) mass is 438 g/mol. The summed E-state index contributed by atoms with van der Waals surface area (Å²) in [6.07, 6.45) is 7.55. The van der Waals surface area contributed by atoms with Crippen molar-refractivity contribution in [2.24, 2.45) is 0 Å². The van der Waals surface area contributed by atoms with Crippen molar-refractivity contribution >= 4 is 43.3 Å². The third-order valence-electron chi connectivity index (χ3n) is 4.29. The number of aromatic nitrogens is 3. The number of nitrogens with zero attached hydrogens (tertiary/aromatic N) is 3. The van der Waals surface area contributed by atoms with Gasteiger partial charge in [-0.3, -0.25) is 0 Å². The van der Waals surface area contributed by atoms with Crippen LogP contribution in [-0.2, 0) is 22.9 Å². The van der Waals surface area contributed by atoms with Crippen molar-refractivity contribution in [3.05, 3.63) is 41.4 Å². The molecule has 0 unspecified atom stereocenters. The summed E-state index contributed by atoms with van der Waals surface area (Å²) in [6.45, 7) is 0. The largest absolute Gasteiger partial charge is 0.393 e. The lowest BCUT2D eigenvalue weighted by atomic mass is 10.1. The summed E-state index contributed by atoms with van der Waals surface area (Å²) in [7, 11) is -2.08. The molecule has 7 nitrogen and oxygen atoms in total. The van der Waals surface area contributed by atoms with Crippen LogP contribution in [0.25, 0.3) is 10.2 Å². The summed E-state index contributed by atoms with van der Waals surface area (Å²) in [6, 6.07) is 4.90. The molecule has 3 aromatic rings. The summed E-state index contributed by atoms with van der Waals surface area (Å²) >= 11 is 3.05. The van der Waals surface area contributed by atoms with E-state index in [4.69, 9.17) is 0 Å². The van der Waals surface area contributed by atoms with E-state index >= 15 is 0 Å². The first-order chi connectivity index (χ1) is 13.4. The number of sulfonamides is 1. The van der Waals surface area contributed by atoms with E-state index < -0.39 is 16.1 Å². The number of hydrogen-bond acceptors (Lipinski definition) is 8. The van der Waals surface area contributed by atoms with E-state index in [0.717, 1.165) is 25.9 Å². The van der Waals surface area contributed by atoms with Gasteiger partial charge in [0.05, 0.1) is 26.2 Å². The van der Waals surface area contributed by atoms with Crippen LogP contribution in [0.1, 0.15) is 23.7 Å². The number of nitrogens with one attached hydrogen (secondary N) is 1. The van der Waals surface area contributed by atoms with Crippen LogP contribution in [0.2, 0.25) is 0 Å². The Balaban J connectivity index is 1.56. The maximum atomic E-state index is 11.9. The van der Waals surface area contributed by atoms with E-state index in [1.54, 1.807) is 42.4 Å². The van der Waals surface area contributed by atoms with Gasteiger partial charge in [-0.15, -0.1) is 23.1 Å². The number of benzene rings is 1. The zero-order valence-corrected chi connectivity index (χ0v) is 18.1. The molecule has 150 valence electrons. The van der Waals surface area contributed by atoms with Gasteiger partial charge >= 0.3 is 0 Å². The highest BCUT2D eigenvalue weighted by Crippen LogP contribution is 2.26. The summed E-state index contributed by atoms with van der Waals surface area (Å²) in [5, 5.41) is 11.1. The van der Waals surface area contributed by atoms with Crippen molar-refractivity contribution in [3.8, 4) is 0 Å². The lowest BCUT2D eigenvalue weighted by Gasteiger charge is -2.08. The van der Waals surface area contributed by atoms with Crippen molar-refractivity contribution in [1.82, 2.24) is 19.7 Å². The number of fused-ring (bicyclic) bond motifs is 1. The summed E-state index contributed by atoms with van der Waals surface area (Å²) < 4.78 is 27.0. The van der Waals surface area contributed by atoms with Gasteiger partial charge in [0.15, 0.2) is 0 Å². The average Bonchev–Trinajstić information content (AvgIpc) is 3.13. The Morgan fingerprint density at radius 1 is 1.21 bits per heavy atom. The second kappa shape index (κ2) is 9.27. The highest BCUT2D eigenvalue weighted by atomic mass is 32.2. The first-order valence-corrected chi connectivity index (χ1v) is 12.3. The van der Waals surface area contributed by atoms with Crippen molar-refractivity contribution in [1.29, 1.82) is 0 Å². The molecule has 2 heterocycles. The van der Waals surface area contributed by atoms with Crippen molar-refractivity contribution in [3.63, 3.8) is 0 Å². The summed E-state index contributed by atoms with van der Waals surface area (Å²) in [5.41, 5.74) is 0.770. The highest BCUT2D eigenvalue weighted by Gasteiger charge is 2.14. The van der Waals surface area contributed by atoms with E-state index in [1.807, 2.05) is 6.26 Å². The molecule has 3 rings (SSSR count). The van der Waals surface area contributed by atoms with Crippen LogP contribution in [0, 0.1) is 0 Å². The molecule has 0 aliphatic rings. The van der Waals surface area contributed by atoms with Gasteiger partial charge in [0.2, 0.25) is 10.0 Å². The van der Waals surface area contributed by atoms with Crippen LogP contribution in [0.3, 0.4) is 0 Å². The summed E-state index contributed by atoms with van der Waals surface area (Å²) in [5.74, 6) is 0.732. The van der Waals surface area contributed by atoms with Gasteiger partial charge in [0.25, 0.3) is 0 Å². The normalized spacial score (nSPS) is 13.1. The fraction of sp³-hybridized carbons (Fsp3) is 0.389. The van der Waals surface area contributed by atoms with Crippen molar-refractivity contribution < 1.29 is 13.5 Å². The van der Waals surface area contributed by atoms with Crippen molar-refractivity contribution in [2.75, 3.05) is 13.3 Å². The molecule has 10 heteroatoms. The second-order valence-electron chi connectivity index (χ2n) is 6.21. The second-order valence-corrected chi connectivity index (χ2v) is 10.1.